The van der Waals surface area contributed by atoms with Crippen LogP contribution in [0, 0.1) is 13.8 Å². The Labute approximate surface area is 464 Å². The molecule has 0 spiro atoms. The maximum absolute atomic E-state index is 15.3. The molecule has 3 aromatic rings. The van der Waals surface area contributed by atoms with Crippen LogP contribution in [0.5, 0.6) is 0 Å². The fraction of sp³-hybridized carbons (Fsp3) is 0.561. The molecule has 2 fully saturated rings. The van der Waals surface area contributed by atoms with Gasteiger partial charge in [-0.25, -0.2) is 14.6 Å². The van der Waals surface area contributed by atoms with Gasteiger partial charge in [0.15, 0.2) is 0 Å². The average Bonchev–Trinajstić information content (AvgIpc) is 4.31. The van der Waals surface area contributed by atoms with Crippen molar-refractivity contribution in [1.82, 2.24) is 40.0 Å². The summed E-state index contributed by atoms with van der Waals surface area (Å²) < 4.78 is 22.1. The molecule has 5 aliphatic rings. The molecule has 3 aromatic heterocycles. The van der Waals surface area contributed by atoms with Crippen LogP contribution in [0.3, 0.4) is 0 Å². The number of carbonyl (C=O) groups is 5. The zero-order chi connectivity index (χ0) is 57.0. The second kappa shape index (κ2) is 25.2. The molecule has 8 rings (SSSR count). The number of H-pyrrole nitrogens is 2. The first-order chi connectivity index (χ1) is 37.6. The molecule has 8 bridgehead atoms. The number of ether oxygens (including phenoxy) is 4. The summed E-state index contributed by atoms with van der Waals surface area (Å²) in [6, 6.07) is 5.81. The Balaban J connectivity index is 1.17. The Bertz CT molecular complexity index is 3050. The highest BCUT2D eigenvalue weighted by Gasteiger charge is 2.44. The summed E-state index contributed by atoms with van der Waals surface area (Å²) in [5, 5.41) is 43.0. The van der Waals surface area contributed by atoms with Crippen LogP contribution in [0.4, 0.5) is 4.79 Å². The van der Waals surface area contributed by atoms with Gasteiger partial charge in [-0.2, -0.15) is 0 Å². The fourth-order valence-electron chi connectivity index (χ4n) is 10.7. The number of rotatable bonds is 18. The Hall–Kier alpha value is -5.98. The largest absolute Gasteiger partial charge is 0.462 e. The van der Waals surface area contributed by atoms with E-state index in [1.54, 1.807) is 38.8 Å². The molecule has 2 saturated heterocycles. The van der Waals surface area contributed by atoms with Crippen molar-refractivity contribution < 1.29 is 63.3 Å². The van der Waals surface area contributed by atoms with Crippen LogP contribution in [0.25, 0.3) is 39.3 Å². The first-order valence-corrected chi connectivity index (χ1v) is 28.3. The third-order valence-corrected chi connectivity index (χ3v) is 16.6. The van der Waals surface area contributed by atoms with E-state index < -0.39 is 71.9 Å². The quantitative estimate of drug-likeness (QED) is 0.0367. The van der Waals surface area contributed by atoms with E-state index in [2.05, 4.69) is 27.1 Å². The number of morpholine rings is 1. The number of amides is 4. The minimum absolute atomic E-state index is 0.0444. The summed E-state index contributed by atoms with van der Waals surface area (Å²) in [7, 11) is 1.67. The minimum Gasteiger partial charge on any atom is -0.462 e. The summed E-state index contributed by atoms with van der Waals surface area (Å²) in [5.74, 6) is -2.06. The molecule has 0 aliphatic carbocycles. The van der Waals surface area contributed by atoms with Gasteiger partial charge in [0.1, 0.15) is 35.5 Å². The van der Waals surface area contributed by atoms with Gasteiger partial charge in [-0.15, -0.1) is 11.8 Å². The number of fused-ring (bicyclic) bond motifs is 8. The van der Waals surface area contributed by atoms with Gasteiger partial charge < -0.3 is 59.6 Å². The summed E-state index contributed by atoms with van der Waals surface area (Å²) >= 11 is 1.18. The Morgan fingerprint density at radius 2 is 1.65 bits per heavy atom. The van der Waals surface area contributed by atoms with E-state index in [1.165, 1.54) is 22.7 Å². The number of aliphatic hydroxyl groups excluding tert-OH is 4. The van der Waals surface area contributed by atoms with E-state index in [-0.39, 0.29) is 50.1 Å². The highest BCUT2D eigenvalue weighted by Crippen LogP contribution is 2.44. The molecule has 22 heteroatoms. The van der Waals surface area contributed by atoms with Crippen LogP contribution in [0.15, 0.2) is 24.3 Å². The van der Waals surface area contributed by atoms with Crippen molar-refractivity contribution in [3.63, 3.8) is 0 Å². The predicted molar refractivity (Wildman–Crippen MR) is 299 cm³/mol. The van der Waals surface area contributed by atoms with Crippen LogP contribution in [-0.2, 0) is 28.5 Å². The van der Waals surface area contributed by atoms with Gasteiger partial charge in [0.25, 0.3) is 11.8 Å². The summed E-state index contributed by atoms with van der Waals surface area (Å²) in [4.78, 5) is 92.3. The number of aromatic nitrogens is 4. The van der Waals surface area contributed by atoms with E-state index >= 15 is 4.79 Å². The number of likely N-dealkylation sites (N-methyl/N-ethyl adjacent to an activating group) is 1. The van der Waals surface area contributed by atoms with Gasteiger partial charge in [0, 0.05) is 98.5 Å². The van der Waals surface area contributed by atoms with E-state index in [4.69, 9.17) is 28.9 Å². The van der Waals surface area contributed by atoms with E-state index in [0.717, 1.165) is 16.7 Å². The molecular weight excluding hydrogens is 1040 g/mol. The Morgan fingerprint density at radius 1 is 0.937 bits per heavy atom. The number of aromatic amines is 2. The van der Waals surface area contributed by atoms with Crippen molar-refractivity contribution in [2.75, 3.05) is 78.5 Å². The lowest BCUT2D eigenvalue weighted by molar-refractivity contribution is -0.205. The van der Waals surface area contributed by atoms with Gasteiger partial charge in [0.05, 0.1) is 60.2 Å². The molecule has 0 aromatic carbocycles. The molecule has 0 saturated carbocycles. The number of nitrogens with zero attached hydrogens (tertiary/aromatic N) is 5. The van der Waals surface area contributed by atoms with Crippen molar-refractivity contribution in [2.45, 2.75) is 128 Å². The first kappa shape index (κ1) is 59.1. The number of hydrogen-bond acceptors (Lipinski definition) is 17. The van der Waals surface area contributed by atoms with Gasteiger partial charge in [0.2, 0.25) is 5.91 Å². The monoisotopic (exact) mass is 1110 g/mol. The molecule has 7 N–H and O–H groups in total. The van der Waals surface area contributed by atoms with E-state index in [0.29, 0.717) is 119 Å². The van der Waals surface area contributed by atoms with Crippen LogP contribution in [0.1, 0.15) is 139 Å². The number of imide groups is 1. The lowest BCUT2D eigenvalue weighted by Crippen LogP contribution is -2.57. The summed E-state index contributed by atoms with van der Waals surface area (Å²) in [6.45, 7) is 18.2. The third-order valence-electron chi connectivity index (χ3n) is 15.3. The van der Waals surface area contributed by atoms with Crippen molar-refractivity contribution in [2.24, 2.45) is 0 Å². The van der Waals surface area contributed by atoms with Gasteiger partial charge in [-0.05, 0) is 113 Å². The van der Waals surface area contributed by atoms with Crippen molar-refractivity contribution >= 4 is 80.8 Å². The summed E-state index contributed by atoms with van der Waals surface area (Å²) in [6.07, 6.45) is -1.43. The number of alkyl carbamates (subject to hydrolysis) is 1. The number of thioether (sulfide) groups is 1. The zero-order valence-corrected chi connectivity index (χ0v) is 47.5. The predicted octanol–water partition coefficient (Wildman–Crippen LogP) is 5.33. The smallest absolute Gasteiger partial charge is 0.407 e. The molecule has 7 atom stereocenters. The van der Waals surface area contributed by atoms with Crippen LogP contribution < -0.4 is 5.32 Å². The number of aliphatic hydroxyl groups is 4. The second-order valence-corrected chi connectivity index (χ2v) is 23.0. The van der Waals surface area contributed by atoms with Crippen LogP contribution >= 0.6 is 11.8 Å². The number of hydrogen-bond donors (Lipinski definition) is 7. The molecule has 5 aliphatic heterocycles. The fourth-order valence-corrected chi connectivity index (χ4v) is 11.8. The molecule has 0 radical (unpaired) electrons. The number of aryl methyl sites for hydroxylation is 2. The lowest BCUT2D eigenvalue weighted by atomic mass is 9.84. The Kier molecular flexibility index (Phi) is 18.9. The maximum Gasteiger partial charge on any atom is 0.407 e. The molecule has 428 valence electrons. The maximum atomic E-state index is 15.3. The normalized spacial score (nSPS) is 22.7. The third kappa shape index (κ3) is 13.1. The van der Waals surface area contributed by atoms with E-state index in [1.807, 2.05) is 45.9 Å². The van der Waals surface area contributed by atoms with Crippen LogP contribution in [-0.4, -0.2) is 199 Å². The molecule has 8 heterocycles. The van der Waals surface area contributed by atoms with Crippen molar-refractivity contribution in [3.05, 3.63) is 74.9 Å². The molecule has 21 nitrogen and oxygen atoms in total. The number of allylic oxidation sites excluding steroid dienone is 2. The van der Waals surface area contributed by atoms with E-state index in [9.17, 15) is 39.6 Å². The zero-order valence-electron chi connectivity index (χ0n) is 46.6. The number of carbonyl (C=O) groups excluding carboxylic acids is 5. The van der Waals surface area contributed by atoms with Gasteiger partial charge >= 0.3 is 12.1 Å². The standard InChI is InChI=1S/C57H76N8O13S/c1-10-34-30(2)38-27-42-35(13-15-45(68)76-22-11-25-79-55-52(71)51(70)50(69)43(29-66)77-55)31(3)37(60-42)26-39-32(4)36(12-14-44(67)63(9)17-16-58-56(74)78-57(6,7)8)48(61-39)47-49-46(33(5)40(62-49)28-41(34)59-38)53(72)65(54(47)73)19-18-64-20-23-75-24-21-64/h13,15,26-28,32,36,43,50-52,55,60,62,66,69-71H,10-12,14,16-25,29H2,1-9H3,(H,58,74)/b15-13+,37-26?,38-27?,39-26?,40-28?,41-28?,42-27?,48-47?/t32-,36-,43+,50+,51-,52+,55-/m0/s1. The SMILES string of the molecule is CCC1=C(C)c2cc3[nH]c(cc4nc(c5c6[nH]c(cc1n2)c(C)c6C(=O)N(CCN1CCOCC1)C5=O)[C@@H](CCC(=O)N(C)CCNC(=O)OC(C)(C)C)[C@@H]4C)c(C)c3/C=C/C(=O)OCCCS[C@@H]1O[C@H](CO)[C@@H](O)[C@H](O)[C@H]1O. The Morgan fingerprint density at radius 3 is 2.35 bits per heavy atom. The number of nitrogens with one attached hydrogen (secondary N) is 3. The van der Waals surface area contributed by atoms with Gasteiger partial charge in [-0.1, -0.05) is 13.8 Å². The highest BCUT2D eigenvalue weighted by atomic mass is 32.2. The minimum atomic E-state index is -1.48. The van der Waals surface area contributed by atoms with Gasteiger partial charge in [-0.3, -0.25) is 29.2 Å². The van der Waals surface area contributed by atoms with Crippen molar-refractivity contribution in [3.8, 4) is 0 Å². The second-order valence-electron chi connectivity index (χ2n) is 21.8. The van der Waals surface area contributed by atoms with Crippen LogP contribution in [0.2, 0.25) is 0 Å². The lowest BCUT2D eigenvalue weighted by Gasteiger charge is -2.39. The molecule has 79 heavy (non-hydrogen) atoms. The number of esters is 1. The molecule has 0 unspecified atom stereocenters. The highest BCUT2D eigenvalue weighted by molar-refractivity contribution is 7.99. The average molecular weight is 1110 g/mol. The topological polar surface area (TPSA) is 282 Å². The first-order valence-electron chi connectivity index (χ1n) is 27.2. The molecular formula is C57H76N8O13S. The molecule has 4 amide bonds. The van der Waals surface area contributed by atoms with Crippen molar-refractivity contribution in [1.29, 1.82) is 0 Å². The summed E-state index contributed by atoms with van der Waals surface area (Å²) in [5.41, 5.74) is 7.96.